The molecule has 1 aromatic rings. The van der Waals surface area contributed by atoms with Crippen LogP contribution in [0.4, 0.5) is 4.39 Å². The van der Waals surface area contributed by atoms with Gasteiger partial charge in [-0.25, -0.2) is 4.39 Å². The maximum Gasteiger partial charge on any atom is 0.307 e. The zero-order chi connectivity index (χ0) is 13.4. The molecule has 1 atom stereocenters. The molecule has 0 aliphatic heterocycles. The van der Waals surface area contributed by atoms with Crippen LogP contribution >= 0.6 is 0 Å². The molecule has 4 heteroatoms. The molecule has 0 saturated heterocycles. The lowest BCUT2D eigenvalue weighted by Crippen LogP contribution is -2.30. The lowest BCUT2D eigenvalue weighted by molar-refractivity contribution is -0.143. The smallest absolute Gasteiger partial charge is 0.307 e. The first-order valence-electron chi connectivity index (χ1n) is 6.25. The SMILES string of the molecule is CCOC(=O)CC(C)NCCc1cccc(F)c1. The van der Waals surface area contributed by atoms with Gasteiger partial charge in [-0.15, -0.1) is 0 Å². The average Bonchev–Trinajstić information content (AvgIpc) is 2.29. The fraction of sp³-hybridized carbons (Fsp3) is 0.500. The first kappa shape index (κ1) is 14.6. The molecular weight excluding hydrogens is 233 g/mol. The summed E-state index contributed by atoms with van der Waals surface area (Å²) < 4.78 is 17.8. The van der Waals surface area contributed by atoms with Crippen molar-refractivity contribution in [3.63, 3.8) is 0 Å². The summed E-state index contributed by atoms with van der Waals surface area (Å²) >= 11 is 0. The normalized spacial score (nSPS) is 12.2. The van der Waals surface area contributed by atoms with Crippen molar-refractivity contribution in [2.75, 3.05) is 13.2 Å². The van der Waals surface area contributed by atoms with Gasteiger partial charge in [-0.05, 0) is 44.5 Å². The van der Waals surface area contributed by atoms with E-state index < -0.39 is 0 Å². The van der Waals surface area contributed by atoms with Gasteiger partial charge >= 0.3 is 5.97 Å². The summed E-state index contributed by atoms with van der Waals surface area (Å²) in [5.41, 5.74) is 0.950. The molecule has 18 heavy (non-hydrogen) atoms. The molecule has 0 amide bonds. The van der Waals surface area contributed by atoms with E-state index in [0.717, 1.165) is 12.0 Å². The standard InChI is InChI=1S/C14H20FNO2/c1-3-18-14(17)9-11(2)16-8-7-12-5-4-6-13(15)10-12/h4-6,10-11,16H,3,7-9H2,1-2H3. The Morgan fingerprint density at radius 2 is 2.28 bits per heavy atom. The Hall–Kier alpha value is -1.42. The Morgan fingerprint density at radius 1 is 1.50 bits per heavy atom. The maximum absolute atomic E-state index is 12.9. The first-order chi connectivity index (χ1) is 8.61. The monoisotopic (exact) mass is 253 g/mol. The van der Waals surface area contributed by atoms with E-state index in [4.69, 9.17) is 4.74 Å². The van der Waals surface area contributed by atoms with Gasteiger partial charge in [-0.2, -0.15) is 0 Å². The van der Waals surface area contributed by atoms with Gasteiger partial charge in [0.25, 0.3) is 0 Å². The Kier molecular flexibility index (Phi) is 6.36. The van der Waals surface area contributed by atoms with Gasteiger partial charge in [-0.1, -0.05) is 12.1 Å². The number of nitrogens with one attached hydrogen (secondary N) is 1. The zero-order valence-electron chi connectivity index (χ0n) is 10.9. The fourth-order valence-electron chi connectivity index (χ4n) is 1.70. The van der Waals surface area contributed by atoms with Crippen molar-refractivity contribution in [2.24, 2.45) is 0 Å². The number of ether oxygens (including phenoxy) is 1. The Labute approximate surface area is 107 Å². The quantitative estimate of drug-likeness (QED) is 0.758. The summed E-state index contributed by atoms with van der Waals surface area (Å²) in [4.78, 5) is 11.2. The van der Waals surface area contributed by atoms with Crippen LogP contribution in [0.2, 0.25) is 0 Å². The predicted octanol–water partition coefficient (Wildman–Crippen LogP) is 2.30. The van der Waals surface area contributed by atoms with Crippen LogP contribution in [0.25, 0.3) is 0 Å². The van der Waals surface area contributed by atoms with Gasteiger partial charge in [0.2, 0.25) is 0 Å². The lowest BCUT2D eigenvalue weighted by Gasteiger charge is -2.12. The minimum absolute atomic E-state index is 0.0672. The number of hydrogen-bond acceptors (Lipinski definition) is 3. The predicted molar refractivity (Wildman–Crippen MR) is 68.8 cm³/mol. The third kappa shape index (κ3) is 5.77. The fourth-order valence-corrected chi connectivity index (χ4v) is 1.70. The van der Waals surface area contributed by atoms with Crippen LogP contribution in [0.3, 0.4) is 0 Å². The van der Waals surface area contributed by atoms with E-state index in [1.54, 1.807) is 13.0 Å². The van der Waals surface area contributed by atoms with Crippen LogP contribution in [0.15, 0.2) is 24.3 Å². The van der Waals surface area contributed by atoms with Crippen molar-refractivity contribution in [1.82, 2.24) is 5.32 Å². The number of rotatable bonds is 7. The summed E-state index contributed by atoms with van der Waals surface area (Å²) in [6.07, 6.45) is 1.10. The summed E-state index contributed by atoms with van der Waals surface area (Å²) in [5, 5.41) is 3.22. The number of carbonyl (C=O) groups excluding carboxylic acids is 1. The molecule has 0 spiro atoms. The van der Waals surface area contributed by atoms with Crippen molar-refractivity contribution in [1.29, 1.82) is 0 Å². The Balaban J connectivity index is 2.23. The molecule has 100 valence electrons. The minimum atomic E-state index is -0.216. The van der Waals surface area contributed by atoms with Crippen molar-refractivity contribution >= 4 is 5.97 Å². The van der Waals surface area contributed by atoms with Gasteiger partial charge in [0.1, 0.15) is 5.82 Å². The third-order valence-electron chi connectivity index (χ3n) is 2.57. The topological polar surface area (TPSA) is 38.3 Å². The Morgan fingerprint density at radius 3 is 2.94 bits per heavy atom. The number of benzene rings is 1. The second-order valence-electron chi connectivity index (χ2n) is 4.24. The van der Waals surface area contributed by atoms with Crippen molar-refractivity contribution in [3.05, 3.63) is 35.6 Å². The molecule has 0 aromatic heterocycles. The summed E-state index contributed by atoms with van der Waals surface area (Å²) in [6.45, 7) is 4.85. The summed E-state index contributed by atoms with van der Waals surface area (Å²) in [5.74, 6) is -0.407. The van der Waals surface area contributed by atoms with E-state index in [9.17, 15) is 9.18 Å². The Bertz CT molecular complexity index is 382. The molecule has 0 aliphatic carbocycles. The van der Waals surface area contributed by atoms with Crippen LogP contribution in [-0.4, -0.2) is 25.2 Å². The molecule has 0 bridgehead atoms. The first-order valence-corrected chi connectivity index (χ1v) is 6.25. The van der Waals surface area contributed by atoms with Crippen molar-refractivity contribution < 1.29 is 13.9 Å². The van der Waals surface area contributed by atoms with Gasteiger partial charge < -0.3 is 10.1 Å². The lowest BCUT2D eigenvalue weighted by atomic mass is 10.1. The minimum Gasteiger partial charge on any atom is -0.466 e. The van der Waals surface area contributed by atoms with E-state index in [-0.39, 0.29) is 17.8 Å². The average molecular weight is 253 g/mol. The van der Waals surface area contributed by atoms with Crippen molar-refractivity contribution in [2.45, 2.75) is 32.7 Å². The summed E-state index contributed by atoms with van der Waals surface area (Å²) in [7, 11) is 0. The molecule has 1 unspecified atom stereocenters. The highest BCUT2D eigenvalue weighted by Gasteiger charge is 2.08. The zero-order valence-corrected chi connectivity index (χ0v) is 10.9. The van der Waals surface area contributed by atoms with Crippen LogP contribution in [0.1, 0.15) is 25.8 Å². The third-order valence-corrected chi connectivity index (χ3v) is 2.57. The molecule has 0 saturated carbocycles. The van der Waals surface area contributed by atoms with Crippen LogP contribution in [-0.2, 0) is 16.0 Å². The molecule has 1 N–H and O–H groups in total. The molecule has 0 heterocycles. The van der Waals surface area contributed by atoms with Gasteiger partial charge in [-0.3, -0.25) is 4.79 Å². The maximum atomic E-state index is 12.9. The van der Waals surface area contributed by atoms with E-state index in [0.29, 0.717) is 19.6 Å². The van der Waals surface area contributed by atoms with Crippen molar-refractivity contribution in [3.8, 4) is 0 Å². The van der Waals surface area contributed by atoms with E-state index in [2.05, 4.69) is 5.32 Å². The number of esters is 1. The van der Waals surface area contributed by atoms with Crippen LogP contribution in [0, 0.1) is 5.82 Å². The number of hydrogen-bond donors (Lipinski definition) is 1. The number of carbonyl (C=O) groups is 1. The van der Waals surface area contributed by atoms with E-state index >= 15 is 0 Å². The molecule has 1 aromatic carbocycles. The molecule has 3 nitrogen and oxygen atoms in total. The molecule has 1 rings (SSSR count). The van der Waals surface area contributed by atoms with Crippen LogP contribution < -0.4 is 5.32 Å². The second-order valence-corrected chi connectivity index (χ2v) is 4.24. The van der Waals surface area contributed by atoms with Gasteiger partial charge in [0, 0.05) is 6.04 Å². The second kappa shape index (κ2) is 7.82. The summed E-state index contributed by atoms with van der Waals surface area (Å²) in [6, 6.07) is 6.61. The van der Waals surface area contributed by atoms with E-state index in [1.165, 1.54) is 12.1 Å². The highest BCUT2D eigenvalue weighted by molar-refractivity contribution is 5.69. The van der Waals surface area contributed by atoms with Crippen LogP contribution in [0.5, 0.6) is 0 Å². The molecule has 0 radical (unpaired) electrons. The van der Waals surface area contributed by atoms with E-state index in [1.807, 2.05) is 13.0 Å². The largest absolute Gasteiger partial charge is 0.466 e. The highest BCUT2D eigenvalue weighted by atomic mass is 19.1. The number of halogens is 1. The highest BCUT2D eigenvalue weighted by Crippen LogP contribution is 2.04. The van der Waals surface area contributed by atoms with Gasteiger partial charge in [0.05, 0.1) is 13.0 Å². The molecule has 0 aliphatic rings. The van der Waals surface area contributed by atoms with Gasteiger partial charge in [0.15, 0.2) is 0 Å². The molecule has 0 fully saturated rings. The molecular formula is C14H20FNO2.